The Hall–Kier alpha value is -1.97. The summed E-state index contributed by atoms with van der Waals surface area (Å²) in [4.78, 5) is 0. The third kappa shape index (κ3) is 4.26. The van der Waals surface area contributed by atoms with Crippen molar-refractivity contribution in [1.29, 1.82) is 0 Å². The van der Waals surface area contributed by atoms with Gasteiger partial charge in [-0.1, -0.05) is 50.6 Å². The molecular formula is C18H19F3O. The molecule has 2 aromatic rings. The van der Waals surface area contributed by atoms with Crippen LogP contribution in [0.2, 0.25) is 0 Å². The van der Waals surface area contributed by atoms with Gasteiger partial charge in [-0.3, -0.25) is 0 Å². The Balaban J connectivity index is 2.35. The van der Waals surface area contributed by atoms with Gasteiger partial charge in [-0.15, -0.1) is 13.2 Å². The highest BCUT2D eigenvalue weighted by molar-refractivity contribution is 5.66. The first-order valence-electron chi connectivity index (χ1n) is 7.41. The minimum atomic E-state index is -4.66. The lowest BCUT2D eigenvalue weighted by Gasteiger charge is -2.14. The molecule has 0 N–H and O–H groups in total. The summed E-state index contributed by atoms with van der Waals surface area (Å²) in [7, 11) is 0. The van der Waals surface area contributed by atoms with Gasteiger partial charge in [0.1, 0.15) is 5.75 Å². The molecule has 0 heterocycles. The van der Waals surface area contributed by atoms with E-state index in [1.165, 1.54) is 11.6 Å². The van der Waals surface area contributed by atoms with Crippen molar-refractivity contribution in [3.8, 4) is 16.9 Å². The van der Waals surface area contributed by atoms with Gasteiger partial charge in [0.15, 0.2) is 0 Å². The normalized spacial score (nSPS) is 11.5. The van der Waals surface area contributed by atoms with E-state index in [9.17, 15) is 13.2 Å². The van der Waals surface area contributed by atoms with Crippen LogP contribution in [0.25, 0.3) is 11.1 Å². The first-order valence-corrected chi connectivity index (χ1v) is 7.41. The number of ether oxygens (including phenoxy) is 1. The Morgan fingerprint density at radius 3 is 2.09 bits per heavy atom. The largest absolute Gasteiger partial charge is 0.573 e. The molecule has 0 saturated heterocycles. The van der Waals surface area contributed by atoms with Crippen LogP contribution in [-0.4, -0.2) is 6.36 Å². The second-order valence-electron chi connectivity index (χ2n) is 5.17. The van der Waals surface area contributed by atoms with E-state index in [4.69, 9.17) is 0 Å². The number of benzene rings is 2. The zero-order valence-electron chi connectivity index (χ0n) is 12.7. The second kappa shape index (κ2) is 6.86. The van der Waals surface area contributed by atoms with Gasteiger partial charge in [-0.05, 0) is 47.2 Å². The monoisotopic (exact) mass is 308 g/mol. The summed E-state index contributed by atoms with van der Waals surface area (Å²) >= 11 is 0. The van der Waals surface area contributed by atoms with E-state index in [-0.39, 0.29) is 5.75 Å². The minimum absolute atomic E-state index is 0.108. The lowest BCUT2D eigenvalue weighted by molar-refractivity contribution is -0.274. The lowest BCUT2D eigenvalue weighted by Crippen LogP contribution is -2.18. The fourth-order valence-corrected chi connectivity index (χ4v) is 2.38. The van der Waals surface area contributed by atoms with Crippen molar-refractivity contribution < 1.29 is 17.9 Å². The van der Waals surface area contributed by atoms with Crippen LogP contribution in [0.5, 0.6) is 5.75 Å². The first-order chi connectivity index (χ1) is 10.4. The molecule has 22 heavy (non-hydrogen) atoms. The topological polar surface area (TPSA) is 9.23 Å². The number of aryl methyl sites for hydroxylation is 2. The van der Waals surface area contributed by atoms with E-state index < -0.39 is 6.36 Å². The number of alkyl halides is 3. The van der Waals surface area contributed by atoms with E-state index in [0.29, 0.717) is 12.0 Å². The molecule has 0 aliphatic heterocycles. The molecule has 0 aromatic heterocycles. The second-order valence-corrected chi connectivity index (χ2v) is 5.17. The molecular weight excluding hydrogens is 289 g/mol. The molecule has 0 unspecified atom stereocenters. The number of rotatable bonds is 5. The van der Waals surface area contributed by atoms with E-state index in [1.54, 1.807) is 12.1 Å². The summed E-state index contributed by atoms with van der Waals surface area (Å²) in [5, 5.41) is 0. The van der Waals surface area contributed by atoms with Gasteiger partial charge in [-0.2, -0.15) is 0 Å². The van der Waals surface area contributed by atoms with Gasteiger partial charge in [0, 0.05) is 0 Å². The van der Waals surface area contributed by atoms with Crippen LogP contribution >= 0.6 is 0 Å². The molecule has 0 bridgehead atoms. The van der Waals surface area contributed by atoms with Crippen LogP contribution < -0.4 is 4.74 Å². The molecule has 0 radical (unpaired) electrons. The van der Waals surface area contributed by atoms with Gasteiger partial charge in [0.05, 0.1) is 0 Å². The van der Waals surface area contributed by atoms with Gasteiger partial charge in [0.2, 0.25) is 0 Å². The third-order valence-electron chi connectivity index (χ3n) is 3.50. The Morgan fingerprint density at radius 2 is 1.55 bits per heavy atom. The van der Waals surface area contributed by atoms with Crippen LogP contribution in [0.15, 0.2) is 42.5 Å². The molecule has 0 amide bonds. The highest BCUT2D eigenvalue weighted by Gasteiger charge is 2.32. The van der Waals surface area contributed by atoms with Crippen LogP contribution in [0.1, 0.15) is 31.4 Å². The predicted octanol–water partition coefficient (Wildman–Crippen LogP) is 5.77. The molecule has 0 fully saturated rings. The molecule has 4 heteroatoms. The molecule has 0 aliphatic carbocycles. The van der Waals surface area contributed by atoms with Crippen LogP contribution in [0, 0.1) is 0 Å². The maximum atomic E-state index is 12.4. The van der Waals surface area contributed by atoms with Crippen LogP contribution in [-0.2, 0) is 12.8 Å². The average Bonchev–Trinajstić information content (AvgIpc) is 2.48. The molecule has 0 atom stereocenters. The maximum absolute atomic E-state index is 12.4. The maximum Gasteiger partial charge on any atom is 0.573 e. The van der Waals surface area contributed by atoms with E-state index in [1.807, 2.05) is 31.2 Å². The van der Waals surface area contributed by atoms with Gasteiger partial charge < -0.3 is 4.74 Å². The van der Waals surface area contributed by atoms with Crippen molar-refractivity contribution in [2.75, 3.05) is 0 Å². The van der Waals surface area contributed by atoms with Crippen molar-refractivity contribution in [3.05, 3.63) is 53.6 Å². The van der Waals surface area contributed by atoms with Crippen molar-refractivity contribution >= 4 is 0 Å². The molecule has 118 valence electrons. The SMILES string of the molecule is CCCc1cc(-c2ccc(CC)cc2)ccc1OC(F)(F)F. The fraction of sp³-hybridized carbons (Fsp3) is 0.333. The zero-order chi connectivity index (χ0) is 16.2. The van der Waals surface area contributed by atoms with Crippen LogP contribution in [0.3, 0.4) is 0 Å². The van der Waals surface area contributed by atoms with E-state index in [0.717, 1.165) is 24.0 Å². The Morgan fingerprint density at radius 1 is 0.909 bits per heavy atom. The van der Waals surface area contributed by atoms with Gasteiger partial charge in [-0.25, -0.2) is 0 Å². The Labute approximate surface area is 128 Å². The quantitative estimate of drug-likeness (QED) is 0.681. The molecule has 0 spiro atoms. The summed E-state index contributed by atoms with van der Waals surface area (Å²) in [6.07, 6.45) is -2.40. The van der Waals surface area contributed by atoms with Crippen molar-refractivity contribution in [2.24, 2.45) is 0 Å². The first kappa shape index (κ1) is 16.4. The number of hydrogen-bond acceptors (Lipinski definition) is 1. The fourth-order valence-electron chi connectivity index (χ4n) is 2.38. The van der Waals surface area contributed by atoms with Gasteiger partial charge in [0.25, 0.3) is 0 Å². The summed E-state index contributed by atoms with van der Waals surface area (Å²) in [5.41, 5.74) is 3.71. The highest BCUT2D eigenvalue weighted by Crippen LogP contribution is 2.31. The summed E-state index contributed by atoms with van der Waals surface area (Å²) < 4.78 is 41.5. The van der Waals surface area contributed by atoms with Crippen molar-refractivity contribution in [2.45, 2.75) is 39.5 Å². The molecule has 1 nitrogen and oxygen atoms in total. The van der Waals surface area contributed by atoms with Crippen molar-refractivity contribution in [3.63, 3.8) is 0 Å². The molecule has 2 rings (SSSR count). The number of halogens is 3. The average molecular weight is 308 g/mol. The molecule has 0 saturated carbocycles. The molecule has 2 aromatic carbocycles. The Kier molecular flexibility index (Phi) is 5.11. The predicted molar refractivity (Wildman–Crippen MR) is 81.9 cm³/mol. The Bertz CT molecular complexity index is 615. The summed E-state index contributed by atoms with van der Waals surface area (Å²) in [6.45, 7) is 4.01. The number of hydrogen-bond donors (Lipinski definition) is 0. The standard InChI is InChI=1S/C18H19F3O/c1-3-5-16-12-15(10-11-17(16)22-18(19,20)21)14-8-6-13(4-2)7-9-14/h6-12H,3-5H2,1-2H3. The summed E-state index contributed by atoms with van der Waals surface area (Å²) in [5.74, 6) is -0.108. The molecule has 0 aliphatic rings. The van der Waals surface area contributed by atoms with Crippen molar-refractivity contribution in [1.82, 2.24) is 0 Å². The van der Waals surface area contributed by atoms with Crippen LogP contribution in [0.4, 0.5) is 13.2 Å². The zero-order valence-corrected chi connectivity index (χ0v) is 12.7. The van der Waals surface area contributed by atoms with E-state index >= 15 is 0 Å². The van der Waals surface area contributed by atoms with Gasteiger partial charge >= 0.3 is 6.36 Å². The van der Waals surface area contributed by atoms with E-state index in [2.05, 4.69) is 11.7 Å². The lowest BCUT2D eigenvalue weighted by atomic mass is 9.99. The smallest absolute Gasteiger partial charge is 0.406 e. The highest BCUT2D eigenvalue weighted by atomic mass is 19.4. The third-order valence-corrected chi connectivity index (χ3v) is 3.50. The minimum Gasteiger partial charge on any atom is -0.406 e. The summed E-state index contributed by atoms with van der Waals surface area (Å²) in [6, 6.07) is 12.9.